The largest absolute Gasteiger partial charge is 0.347 e. The predicted octanol–water partition coefficient (Wildman–Crippen LogP) is 3.19. The number of hydrogen-bond acceptors (Lipinski definition) is 2. The van der Waals surface area contributed by atoms with Gasteiger partial charge in [-0.25, -0.2) is 18.2 Å². The second-order valence-electron chi connectivity index (χ2n) is 5.86. The third kappa shape index (κ3) is 3.72. The molecule has 0 saturated heterocycles. The van der Waals surface area contributed by atoms with Crippen LogP contribution in [0.1, 0.15) is 36.7 Å². The molecule has 1 fully saturated rings. The van der Waals surface area contributed by atoms with E-state index < -0.39 is 12.0 Å². The molecule has 122 valence electrons. The molecule has 1 aliphatic carbocycles. The van der Waals surface area contributed by atoms with Gasteiger partial charge in [-0.15, -0.1) is 0 Å². The van der Waals surface area contributed by atoms with E-state index in [9.17, 15) is 18.0 Å². The normalized spacial score (nSPS) is 18.2. The van der Waals surface area contributed by atoms with Crippen LogP contribution in [-0.2, 0) is 4.79 Å². The number of imidazole rings is 1. The van der Waals surface area contributed by atoms with Crippen molar-refractivity contribution in [1.29, 1.82) is 0 Å². The minimum atomic E-state index is -2.64. The molecule has 1 amide bonds. The number of nitrogens with one attached hydrogen (secondary N) is 2. The van der Waals surface area contributed by atoms with Crippen molar-refractivity contribution in [2.24, 2.45) is 5.92 Å². The minimum absolute atomic E-state index is 0.0496. The maximum atomic E-state index is 13.1. The van der Waals surface area contributed by atoms with Gasteiger partial charge in [0.1, 0.15) is 17.7 Å². The predicted molar refractivity (Wildman–Crippen MR) is 77.3 cm³/mol. The van der Waals surface area contributed by atoms with Gasteiger partial charge in [-0.1, -0.05) is 12.1 Å². The minimum Gasteiger partial charge on any atom is -0.347 e. The molecule has 3 rings (SSSR count). The van der Waals surface area contributed by atoms with Crippen molar-refractivity contribution in [2.75, 3.05) is 0 Å². The Morgan fingerprint density at radius 2 is 2.04 bits per heavy atom. The fourth-order valence-corrected chi connectivity index (χ4v) is 2.81. The Hall–Kier alpha value is -2.31. The quantitative estimate of drug-likeness (QED) is 0.888. The van der Waals surface area contributed by atoms with Crippen LogP contribution in [-0.4, -0.2) is 21.8 Å². The first kappa shape index (κ1) is 15.6. The molecule has 0 spiro atoms. The zero-order valence-electron chi connectivity index (χ0n) is 12.2. The molecule has 1 aliphatic rings. The summed E-state index contributed by atoms with van der Waals surface area (Å²) in [5.74, 6) is -3.13. The standard InChI is InChI=1S/C16H16F3N3O/c17-12-3-1-11(2-4-12)14(15-20-5-6-21-15)22-13(23)7-10-8-16(18,19)9-10/h1-6,10,14H,7-9H2,(H,20,21)(H,22,23). The number of H-pyrrole nitrogens is 1. The summed E-state index contributed by atoms with van der Waals surface area (Å²) < 4.78 is 38.8. The number of carbonyl (C=O) groups is 1. The SMILES string of the molecule is O=C(CC1CC(F)(F)C1)NC(c1ccc(F)cc1)c1ncc[nH]1. The van der Waals surface area contributed by atoms with E-state index >= 15 is 0 Å². The molecule has 1 unspecified atom stereocenters. The third-order valence-corrected chi connectivity index (χ3v) is 3.95. The van der Waals surface area contributed by atoms with Gasteiger partial charge in [0.25, 0.3) is 0 Å². The van der Waals surface area contributed by atoms with Crippen molar-refractivity contribution in [3.05, 3.63) is 53.9 Å². The van der Waals surface area contributed by atoms with Gasteiger partial charge in [-0.05, 0) is 23.6 Å². The van der Waals surface area contributed by atoms with E-state index in [1.165, 1.54) is 12.1 Å². The lowest BCUT2D eigenvalue weighted by Crippen LogP contribution is -2.39. The van der Waals surface area contributed by atoms with Crippen LogP contribution in [0.25, 0.3) is 0 Å². The summed E-state index contributed by atoms with van der Waals surface area (Å²) in [5.41, 5.74) is 0.661. The highest BCUT2D eigenvalue weighted by atomic mass is 19.3. The molecule has 0 aliphatic heterocycles. The van der Waals surface area contributed by atoms with Gasteiger partial charge in [0.2, 0.25) is 11.8 Å². The lowest BCUT2D eigenvalue weighted by atomic mass is 9.79. The second-order valence-corrected chi connectivity index (χ2v) is 5.86. The number of aromatic amines is 1. The van der Waals surface area contributed by atoms with Crippen molar-refractivity contribution in [2.45, 2.75) is 31.2 Å². The van der Waals surface area contributed by atoms with Crippen LogP contribution < -0.4 is 5.32 Å². The summed E-state index contributed by atoms with van der Waals surface area (Å²) in [6.07, 6.45) is 2.72. The first-order valence-corrected chi connectivity index (χ1v) is 7.35. The van der Waals surface area contributed by atoms with Crippen molar-refractivity contribution < 1.29 is 18.0 Å². The van der Waals surface area contributed by atoms with Crippen molar-refractivity contribution >= 4 is 5.91 Å². The Morgan fingerprint density at radius 3 is 2.61 bits per heavy atom. The molecule has 4 nitrogen and oxygen atoms in total. The van der Waals surface area contributed by atoms with Gasteiger partial charge in [-0.2, -0.15) is 0 Å². The second kappa shape index (κ2) is 6.06. The molecular weight excluding hydrogens is 307 g/mol. The molecule has 1 aromatic heterocycles. The fourth-order valence-electron chi connectivity index (χ4n) is 2.81. The molecule has 1 atom stereocenters. The van der Waals surface area contributed by atoms with Gasteiger partial charge in [0.15, 0.2) is 0 Å². The van der Waals surface area contributed by atoms with Gasteiger partial charge in [0.05, 0.1) is 0 Å². The lowest BCUT2D eigenvalue weighted by molar-refractivity contribution is -0.134. The number of amides is 1. The van der Waals surface area contributed by atoms with Crippen LogP contribution in [0.5, 0.6) is 0 Å². The zero-order chi connectivity index (χ0) is 16.4. The van der Waals surface area contributed by atoms with Crippen LogP contribution in [0.3, 0.4) is 0 Å². The highest BCUT2D eigenvalue weighted by Gasteiger charge is 2.45. The molecule has 0 bridgehead atoms. The van der Waals surface area contributed by atoms with Crippen LogP contribution in [0.4, 0.5) is 13.2 Å². The average molecular weight is 323 g/mol. The Labute approximate surface area is 131 Å². The number of alkyl halides is 2. The smallest absolute Gasteiger partial charge is 0.248 e. The third-order valence-electron chi connectivity index (χ3n) is 3.95. The number of hydrogen-bond donors (Lipinski definition) is 2. The first-order valence-electron chi connectivity index (χ1n) is 7.35. The first-order chi connectivity index (χ1) is 10.9. The number of nitrogens with zero attached hydrogens (tertiary/aromatic N) is 1. The van der Waals surface area contributed by atoms with Crippen LogP contribution in [0, 0.1) is 11.7 Å². The van der Waals surface area contributed by atoms with Gasteiger partial charge in [0, 0.05) is 31.7 Å². The molecule has 23 heavy (non-hydrogen) atoms. The molecular formula is C16H16F3N3O. The summed E-state index contributed by atoms with van der Waals surface area (Å²) in [7, 11) is 0. The summed E-state index contributed by atoms with van der Waals surface area (Å²) in [5, 5.41) is 2.78. The Morgan fingerprint density at radius 1 is 1.35 bits per heavy atom. The Kier molecular flexibility index (Phi) is 4.11. The van der Waals surface area contributed by atoms with Crippen LogP contribution >= 0.6 is 0 Å². The van der Waals surface area contributed by atoms with Crippen molar-refractivity contribution in [1.82, 2.24) is 15.3 Å². The summed E-state index contributed by atoms with van der Waals surface area (Å²) >= 11 is 0. The topological polar surface area (TPSA) is 57.8 Å². The van der Waals surface area contributed by atoms with E-state index in [1.807, 2.05) is 0 Å². The maximum Gasteiger partial charge on any atom is 0.248 e. The van der Waals surface area contributed by atoms with E-state index in [0.29, 0.717) is 11.4 Å². The molecule has 2 N–H and O–H groups in total. The monoisotopic (exact) mass is 323 g/mol. The summed E-state index contributed by atoms with van der Waals surface area (Å²) in [6, 6.07) is 5.13. The average Bonchev–Trinajstić information content (AvgIpc) is 2.98. The van der Waals surface area contributed by atoms with Crippen LogP contribution in [0.15, 0.2) is 36.7 Å². The molecule has 2 aromatic rings. The fraction of sp³-hybridized carbons (Fsp3) is 0.375. The lowest BCUT2D eigenvalue weighted by Gasteiger charge is -2.34. The molecule has 7 heteroatoms. The van der Waals surface area contributed by atoms with Gasteiger partial charge >= 0.3 is 0 Å². The Balaban J connectivity index is 1.69. The van der Waals surface area contributed by atoms with Crippen molar-refractivity contribution in [3.63, 3.8) is 0 Å². The van der Waals surface area contributed by atoms with E-state index in [-0.39, 0.29) is 36.9 Å². The Bertz CT molecular complexity index is 662. The maximum absolute atomic E-state index is 13.1. The number of benzene rings is 1. The van der Waals surface area contributed by atoms with Crippen molar-refractivity contribution in [3.8, 4) is 0 Å². The number of aromatic nitrogens is 2. The molecule has 0 radical (unpaired) electrons. The summed E-state index contributed by atoms with van der Waals surface area (Å²) in [6.45, 7) is 0. The van der Waals surface area contributed by atoms with E-state index in [2.05, 4.69) is 15.3 Å². The highest BCUT2D eigenvalue weighted by Crippen LogP contribution is 2.44. The molecule has 1 aromatic carbocycles. The van der Waals surface area contributed by atoms with E-state index in [4.69, 9.17) is 0 Å². The van der Waals surface area contributed by atoms with E-state index in [1.54, 1.807) is 24.5 Å². The number of carbonyl (C=O) groups excluding carboxylic acids is 1. The zero-order valence-corrected chi connectivity index (χ0v) is 12.2. The van der Waals surface area contributed by atoms with Gasteiger partial charge < -0.3 is 10.3 Å². The van der Waals surface area contributed by atoms with Crippen LogP contribution in [0.2, 0.25) is 0 Å². The number of halogens is 3. The highest BCUT2D eigenvalue weighted by molar-refractivity contribution is 5.77. The number of rotatable bonds is 5. The summed E-state index contributed by atoms with van der Waals surface area (Å²) in [4.78, 5) is 19.2. The van der Waals surface area contributed by atoms with Gasteiger partial charge in [-0.3, -0.25) is 4.79 Å². The molecule has 1 heterocycles. The molecule has 1 saturated carbocycles. The van der Waals surface area contributed by atoms with E-state index in [0.717, 1.165) is 0 Å².